The first-order valence-corrected chi connectivity index (χ1v) is 8.07. The molecule has 0 aliphatic rings. The number of H-pyrrole nitrogens is 1. The molecule has 0 spiro atoms. The molecule has 0 aliphatic heterocycles. The smallest absolute Gasteiger partial charge is 0.229 e. The van der Waals surface area contributed by atoms with Crippen LogP contribution in [0.1, 0.15) is 23.5 Å². The molecule has 0 aliphatic carbocycles. The summed E-state index contributed by atoms with van der Waals surface area (Å²) in [5.74, 6) is 1.07. The van der Waals surface area contributed by atoms with Gasteiger partial charge in [-0.3, -0.25) is 9.89 Å². The lowest BCUT2D eigenvalue weighted by atomic mass is 10.1. The van der Waals surface area contributed by atoms with E-state index in [0.717, 1.165) is 11.1 Å². The number of aryl methyl sites for hydroxylation is 1. The van der Waals surface area contributed by atoms with Crippen LogP contribution < -0.4 is 11.1 Å². The number of carbonyl (C=O) groups is 1. The van der Waals surface area contributed by atoms with Crippen LogP contribution in [0.25, 0.3) is 11.4 Å². The number of hydrogen-bond donors (Lipinski definition) is 3. The van der Waals surface area contributed by atoms with E-state index in [2.05, 4.69) is 25.7 Å². The van der Waals surface area contributed by atoms with Gasteiger partial charge in [0.2, 0.25) is 11.1 Å². The number of amides is 1. The normalized spacial score (nSPS) is 10.4. The molecular weight excluding hydrogens is 379 g/mol. The van der Waals surface area contributed by atoms with Gasteiger partial charge in [-0.15, -0.1) is 12.4 Å². The Bertz CT molecular complexity index is 856. The van der Waals surface area contributed by atoms with Gasteiger partial charge in [0.25, 0.3) is 0 Å². The Balaban J connectivity index is 0.00000243. The van der Waals surface area contributed by atoms with Crippen LogP contribution in [-0.2, 0) is 17.8 Å². The maximum atomic E-state index is 12.1. The number of rotatable bonds is 6. The first-order valence-electron chi connectivity index (χ1n) is 7.69. The van der Waals surface area contributed by atoms with Crippen molar-refractivity contribution in [3.8, 4) is 11.4 Å². The maximum Gasteiger partial charge on any atom is 0.229 e. The van der Waals surface area contributed by atoms with Gasteiger partial charge in [0, 0.05) is 23.2 Å². The second kappa shape index (κ2) is 8.79. The number of anilines is 1. The second-order valence-electron chi connectivity index (χ2n) is 5.46. The highest BCUT2D eigenvalue weighted by Gasteiger charge is 2.13. The van der Waals surface area contributed by atoms with Crippen molar-refractivity contribution in [1.29, 1.82) is 0 Å². The van der Waals surface area contributed by atoms with Crippen molar-refractivity contribution in [3.63, 3.8) is 0 Å². The van der Waals surface area contributed by atoms with E-state index in [1.54, 1.807) is 19.1 Å². The number of nitrogens with zero attached hydrogens (tertiary/aromatic N) is 3. The Kier molecular flexibility index (Phi) is 6.73. The number of hydrogen-bond acceptors (Lipinski definition) is 6. The topological polar surface area (TPSA) is 123 Å². The molecule has 138 valence electrons. The highest BCUT2D eigenvalue weighted by molar-refractivity contribution is 6.29. The van der Waals surface area contributed by atoms with Gasteiger partial charge in [0.15, 0.2) is 5.82 Å². The Morgan fingerprint density at radius 2 is 2.08 bits per heavy atom. The van der Waals surface area contributed by atoms with Gasteiger partial charge >= 0.3 is 0 Å². The lowest BCUT2D eigenvalue weighted by Crippen LogP contribution is -2.12. The van der Waals surface area contributed by atoms with Crippen molar-refractivity contribution in [2.75, 3.05) is 5.32 Å². The molecule has 8 nitrogen and oxygen atoms in total. The van der Waals surface area contributed by atoms with Crippen LogP contribution in [-0.4, -0.2) is 26.2 Å². The first kappa shape index (κ1) is 19.9. The van der Waals surface area contributed by atoms with Crippen LogP contribution in [0.3, 0.4) is 0 Å². The van der Waals surface area contributed by atoms with Gasteiger partial charge in [0.05, 0.1) is 12.2 Å². The largest absolute Gasteiger partial charge is 0.344 e. The van der Waals surface area contributed by atoms with E-state index in [0.29, 0.717) is 36.0 Å². The average molecular weight is 397 g/mol. The van der Waals surface area contributed by atoms with Gasteiger partial charge in [-0.05, 0) is 49.2 Å². The highest BCUT2D eigenvalue weighted by Crippen LogP contribution is 2.21. The molecule has 2 aromatic heterocycles. The molecule has 3 aromatic rings. The Morgan fingerprint density at radius 3 is 2.65 bits per heavy atom. The minimum absolute atomic E-state index is 0. The fourth-order valence-electron chi connectivity index (χ4n) is 2.32. The third-order valence-corrected chi connectivity index (χ3v) is 3.99. The first-order chi connectivity index (χ1) is 12.1. The van der Waals surface area contributed by atoms with Crippen LogP contribution in [0.15, 0.2) is 28.8 Å². The SMILES string of the molecule is Cc1noc(Cl)c1CCC(=O)Nc1ccc(-c2n[nH]c(CN)n2)cc1.Cl. The van der Waals surface area contributed by atoms with E-state index >= 15 is 0 Å². The second-order valence-corrected chi connectivity index (χ2v) is 5.80. The minimum atomic E-state index is -0.118. The number of nitrogens with one attached hydrogen (secondary N) is 2. The van der Waals surface area contributed by atoms with Crippen molar-refractivity contribution in [2.24, 2.45) is 5.73 Å². The summed E-state index contributed by atoms with van der Waals surface area (Å²) in [5, 5.41) is 13.7. The van der Waals surface area contributed by atoms with Crippen LogP contribution in [0.2, 0.25) is 5.22 Å². The van der Waals surface area contributed by atoms with Crippen LogP contribution in [0.5, 0.6) is 0 Å². The van der Waals surface area contributed by atoms with Gasteiger partial charge in [-0.2, -0.15) is 5.10 Å². The monoisotopic (exact) mass is 396 g/mol. The average Bonchev–Trinajstić information content (AvgIpc) is 3.21. The van der Waals surface area contributed by atoms with Crippen LogP contribution >= 0.6 is 24.0 Å². The minimum Gasteiger partial charge on any atom is -0.344 e. The van der Waals surface area contributed by atoms with Crippen molar-refractivity contribution >= 4 is 35.6 Å². The third kappa shape index (κ3) is 4.60. The molecule has 0 bridgehead atoms. The van der Waals surface area contributed by atoms with Gasteiger partial charge < -0.3 is 15.6 Å². The molecule has 0 unspecified atom stereocenters. The molecule has 1 aromatic carbocycles. The van der Waals surface area contributed by atoms with E-state index in [4.69, 9.17) is 21.9 Å². The zero-order valence-corrected chi connectivity index (χ0v) is 15.5. The third-order valence-electron chi connectivity index (χ3n) is 3.69. The zero-order valence-electron chi connectivity index (χ0n) is 14.0. The number of benzene rings is 1. The number of carbonyl (C=O) groups excluding carboxylic acids is 1. The summed E-state index contributed by atoms with van der Waals surface area (Å²) in [4.78, 5) is 16.3. The molecule has 4 N–H and O–H groups in total. The molecule has 0 atom stereocenters. The maximum absolute atomic E-state index is 12.1. The Morgan fingerprint density at radius 1 is 1.35 bits per heavy atom. The molecule has 0 saturated carbocycles. The van der Waals surface area contributed by atoms with E-state index in [1.165, 1.54) is 0 Å². The molecule has 26 heavy (non-hydrogen) atoms. The van der Waals surface area contributed by atoms with Crippen LogP contribution in [0.4, 0.5) is 5.69 Å². The Hall–Kier alpha value is -2.42. The molecule has 0 radical (unpaired) electrons. The number of aromatic nitrogens is 4. The van der Waals surface area contributed by atoms with Gasteiger partial charge in [-0.25, -0.2) is 4.98 Å². The summed E-state index contributed by atoms with van der Waals surface area (Å²) in [5.41, 5.74) is 8.48. The van der Waals surface area contributed by atoms with Crippen molar-refractivity contribution in [3.05, 3.63) is 46.6 Å². The molecule has 0 saturated heterocycles. The van der Waals surface area contributed by atoms with Crippen molar-refractivity contribution < 1.29 is 9.32 Å². The fourth-order valence-corrected chi connectivity index (χ4v) is 2.59. The lowest BCUT2D eigenvalue weighted by Gasteiger charge is -2.05. The number of nitrogens with two attached hydrogens (primary N) is 1. The zero-order chi connectivity index (χ0) is 17.8. The molecule has 2 heterocycles. The standard InChI is InChI=1S/C16H17ClN6O2.ClH/c1-9-12(15(17)25-23-9)6-7-14(24)19-11-4-2-10(3-5-11)16-20-13(8-18)21-22-16;/h2-5H,6-8,18H2,1H3,(H,19,24)(H,20,21,22);1H. The molecule has 1 amide bonds. The number of aromatic amines is 1. The Labute approximate surface area is 160 Å². The number of halogens is 2. The molecule has 0 fully saturated rings. The van der Waals surface area contributed by atoms with E-state index in [-0.39, 0.29) is 30.0 Å². The highest BCUT2D eigenvalue weighted by atomic mass is 35.5. The predicted molar refractivity (Wildman–Crippen MR) is 100 cm³/mol. The molecule has 10 heteroatoms. The lowest BCUT2D eigenvalue weighted by molar-refractivity contribution is -0.116. The van der Waals surface area contributed by atoms with Crippen LogP contribution in [0, 0.1) is 6.92 Å². The van der Waals surface area contributed by atoms with Crippen molar-refractivity contribution in [1.82, 2.24) is 20.3 Å². The summed E-state index contributed by atoms with van der Waals surface area (Å²) in [7, 11) is 0. The van der Waals surface area contributed by atoms with Crippen molar-refractivity contribution in [2.45, 2.75) is 26.3 Å². The van der Waals surface area contributed by atoms with E-state index < -0.39 is 0 Å². The quantitative estimate of drug-likeness (QED) is 0.588. The molecular formula is C16H18Cl2N6O2. The summed E-state index contributed by atoms with van der Waals surface area (Å²) in [6, 6.07) is 7.26. The van der Waals surface area contributed by atoms with Gasteiger partial charge in [0.1, 0.15) is 5.82 Å². The summed E-state index contributed by atoms with van der Waals surface area (Å²) >= 11 is 5.89. The van der Waals surface area contributed by atoms with E-state index in [9.17, 15) is 4.79 Å². The summed E-state index contributed by atoms with van der Waals surface area (Å²) in [6.07, 6.45) is 0.751. The summed E-state index contributed by atoms with van der Waals surface area (Å²) in [6.45, 7) is 2.09. The fraction of sp³-hybridized carbons (Fsp3) is 0.250. The van der Waals surface area contributed by atoms with E-state index in [1.807, 2.05) is 12.1 Å². The van der Waals surface area contributed by atoms with Gasteiger partial charge in [-0.1, -0.05) is 5.16 Å². The molecule has 3 rings (SSSR count). The summed E-state index contributed by atoms with van der Waals surface area (Å²) < 4.78 is 4.87. The predicted octanol–water partition coefficient (Wildman–Crippen LogP) is 2.87.